The molecular weight excluding hydrogens is 258 g/mol. The van der Waals surface area contributed by atoms with Gasteiger partial charge in [-0.2, -0.15) is 0 Å². The van der Waals surface area contributed by atoms with Crippen LogP contribution in [-0.2, 0) is 4.79 Å². The number of aliphatic carboxylic acids is 1. The lowest BCUT2D eigenvalue weighted by molar-refractivity contribution is -0.141. The summed E-state index contributed by atoms with van der Waals surface area (Å²) in [4.78, 5) is 24.0. The molecule has 0 spiro atoms. The van der Waals surface area contributed by atoms with Crippen molar-refractivity contribution < 1.29 is 23.5 Å². The molecule has 102 valence electrons. The fourth-order valence-electron chi connectivity index (χ4n) is 2.04. The standard InChI is InChI=1S/C12H12F2N2O3/c13-8-4-3-7(6-9(8)14)15-12(19)16-5-1-2-10(16)11(17)18/h3-4,6,10H,1-2,5H2,(H,15,19)(H,17,18)/t10-/m0/s1. The molecule has 1 atom stereocenters. The molecule has 0 aliphatic carbocycles. The summed E-state index contributed by atoms with van der Waals surface area (Å²) >= 11 is 0. The van der Waals surface area contributed by atoms with E-state index in [2.05, 4.69) is 5.32 Å². The van der Waals surface area contributed by atoms with Gasteiger partial charge in [0.2, 0.25) is 0 Å². The molecule has 2 N–H and O–H groups in total. The number of carboxylic acid groups (broad SMARTS) is 1. The molecule has 0 saturated carbocycles. The summed E-state index contributed by atoms with van der Waals surface area (Å²) in [5.74, 6) is -3.16. The van der Waals surface area contributed by atoms with Gasteiger partial charge in [-0.25, -0.2) is 18.4 Å². The highest BCUT2D eigenvalue weighted by Gasteiger charge is 2.33. The molecule has 0 unspecified atom stereocenters. The Bertz CT molecular complexity index is 522. The van der Waals surface area contributed by atoms with E-state index in [4.69, 9.17) is 5.11 Å². The van der Waals surface area contributed by atoms with Crippen LogP contribution in [0.5, 0.6) is 0 Å². The fourth-order valence-corrected chi connectivity index (χ4v) is 2.04. The summed E-state index contributed by atoms with van der Waals surface area (Å²) in [5.41, 5.74) is 0.0833. The molecular formula is C12H12F2N2O3. The zero-order chi connectivity index (χ0) is 14.0. The first-order valence-corrected chi connectivity index (χ1v) is 5.74. The number of anilines is 1. The lowest BCUT2D eigenvalue weighted by atomic mass is 10.2. The molecule has 19 heavy (non-hydrogen) atoms. The number of rotatable bonds is 2. The summed E-state index contributed by atoms with van der Waals surface area (Å²) in [7, 11) is 0. The predicted molar refractivity (Wildman–Crippen MR) is 62.7 cm³/mol. The molecule has 1 heterocycles. The molecule has 2 rings (SSSR count). The Morgan fingerprint density at radius 1 is 1.32 bits per heavy atom. The van der Waals surface area contributed by atoms with Gasteiger partial charge < -0.3 is 15.3 Å². The molecule has 0 aromatic heterocycles. The first-order valence-electron chi connectivity index (χ1n) is 5.74. The number of nitrogens with zero attached hydrogens (tertiary/aromatic N) is 1. The van der Waals surface area contributed by atoms with E-state index in [0.29, 0.717) is 19.4 Å². The zero-order valence-electron chi connectivity index (χ0n) is 9.90. The van der Waals surface area contributed by atoms with E-state index in [1.807, 2.05) is 0 Å². The summed E-state index contributed by atoms with van der Waals surface area (Å²) < 4.78 is 25.7. The number of likely N-dealkylation sites (tertiary alicyclic amines) is 1. The summed E-state index contributed by atoms with van der Waals surface area (Å²) in [5, 5.41) is 11.3. The molecule has 1 saturated heterocycles. The van der Waals surface area contributed by atoms with Crippen LogP contribution in [0.3, 0.4) is 0 Å². The molecule has 1 fully saturated rings. The van der Waals surface area contributed by atoms with Crippen molar-refractivity contribution >= 4 is 17.7 Å². The molecule has 0 radical (unpaired) electrons. The van der Waals surface area contributed by atoms with Crippen LogP contribution in [0.15, 0.2) is 18.2 Å². The third kappa shape index (κ3) is 2.81. The minimum atomic E-state index is -1.07. The van der Waals surface area contributed by atoms with Crippen molar-refractivity contribution in [2.24, 2.45) is 0 Å². The minimum Gasteiger partial charge on any atom is -0.480 e. The topological polar surface area (TPSA) is 69.6 Å². The van der Waals surface area contributed by atoms with Gasteiger partial charge in [0, 0.05) is 18.3 Å². The Hall–Kier alpha value is -2.18. The van der Waals surface area contributed by atoms with Crippen LogP contribution in [0, 0.1) is 11.6 Å². The van der Waals surface area contributed by atoms with Gasteiger partial charge in [0.1, 0.15) is 6.04 Å². The van der Waals surface area contributed by atoms with Crippen LogP contribution >= 0.6 is 0 Å². The van der Waals surface area contributed by atoms with Gasteiger partial charge in [0.25, 0.3) is 0 Å². The maximum atomic E-state index is 13.0. The zero-order valence-corrected chi connectivity index (χ0v) is 9.90. The minimum absolute atomic E-state index is 0.0833. The van der Waals surface area contributed by atoms with Crippen molar-refractivity contribution in [2.75, 3.05) is 11.9 Å². The number of nitrogens with one attached hydrogen (secondary N) is 1. The van der Waals surface area contributed by atoms with Crippen molar-refractivity contribution in [2.45, 2.75) is 18.9 Å². The second-order valence-electron chi connectivity index (χ2n) is 4.25. The maximum absolute atomic E-state index is 13.0. The number of carbonyl (C=O) groups excluding carboxylic acids is 1. The van der Waals surface area contributed by atoms with Crippen LogP contribution < -0.4 is 5.32 Å². The average molecular weight is 270 g/mol. The van der Waals surface area contributed by atoms with Gasteiger partial charge >= 0.3 is 12.0 Å². The third-order valence-corrected chi connectivity index (χ3v) is 2.97. The number of benzene rings is 1. The molecule has 2 amide bonds. The lowest BCUT2D eigenvalue weighted by Gasteiger charge is -2.21. The summed E-state index contributed by atoms with van der Waals surface area (Å²) in [6, 6.07) is 1.45. The van der Waals surface area contributed by atoms with E-state index in [-0.39, 0.29) is 5.69 Å². The molecule has 1 aliphatic rings. The highest BCUT2D eigenvalue weighted by molar-refractivity contribution is 5.92. The predicted octanol–water partition coefficient (Wildman–Crippen LogP) is 2.05. The van der Waals surface area contributed by atoms with Gasteiger partial charge in [-0.15, -0.1) is 0 Å². The van der Waals surface area contributed by atoms with Gasteiger partial charge in [-0.3, -0.25) is 0 Å². The molecule has 5 nitrogen and oxygen atoms in total. The van der Waals surface area contributed by atoms with Crippen molar-refractivity contribution in [3.05, 3.63) is 29.8 Å². The monoisotopic (exact) mass is 270 g/mol. The number of urea groups is 1. The van der Waals surface area contributed by atoms with E-state index >= 15 is 0 Å². The molecule has 7 heteroatoms. The Balaban J connectivity index is 2.08. The Kier molecular flexibility index (Phi) is 3.64. The van der Waals surface area contributed by atoms with Crippen LogP contribution in [-0.4, -0.2) is 34.6 Å². The van der Waals surface area contributed by atoms with Crippen molar-refractivity contribution in [3.8, 4) is 0 Å². The number of amides is 2. The maximum Gasteiger partial charge on any atom is 0.326 e. The van der Waals surface area contributed by atoms with E-state index < -0.39 is 29.7 Å². The van der Waals surface area contributed by atoms with Crippen LogP contribution in [0.25, 0.3) is 0 Å². The van der Waals surface area contributed by atoms with Crippen LogP contribution in [0.4, 0.5) is 19.3 Å². The van der Waals surface area contributed by atoms with Gasteiger partial charge in [-0.1, -0.05) is 0 Å². The Morgan fingerprint density at radius 2 is 2.05 bits per heavy atom. The molecule has 1 aliphatic heterocycles. The smallest absolute Gasteiger partial charge is 0.326 e. The van der Waals surface area contributed by atoms with E-state index in [1.54, 1.807) is 0 Å². The van der Waals surface area contributed by atoms with E-state index in [0.717, 1.165) is 12.1 Å². The molecule has 1 aromatic carbocycles. The van der Waals surface area contributed by atoms with Crippen molar-refractivity contribution in [1.82, 2.24) is 4.90 Å². The first kappa shape index (κ1) is 13.3. The number of carbonyl (C=O) groups is 2. The molecule has 0 bridgehead atoms. The highest BCUT2D eigenvalue weighted by atomic mass is 19.2. The fraction of sp³-hybridized carbons (Fsp3) is 0.333. The SMILES string of the molecule is O=C(O)[C@@H]1CCCN1C(=O)Nc1ccc(F)c(F)c1. The highest BCUT2D eigenvalue weighted by Crippen LogP contribution is 2.20. The quantitative estimate of drug-likeness (QED) is 0.864. The molecule has 1 aromatic rings. The summed E-state index contributed by atoms with van der Waals surface area (Å²) in [6.45, 7) is 0.326. The third-order valence-electron chi connectivity index (χ3n) is 2.97. The van der Waals surface area contributed by atoms with E-state index in [9.17, 15) is 18.4 Å². The number of hydrogen-bond acceptors (Lipinski definition) is 2. The average Bonchev–Trinajstić information content (AvgIpc) is 2.83. The largest absolute Gasteiger partial charge is 0.480 e. The van der Waals surface area contributed by atoms with E-state index in [1.165, 1.54) is 11.0 Å². The van der Waals surface area contributed by atoms with Gasteiger partial charge in [0.05, 0.1) is 0 Å². The Morgan fingerprint density at radius 3 is 2.68 bits per heavy atom. The Labute approximate surface area is 107 Å². The van der Waals surface area contributed by atoms with Crippen molar-refractivity contribution in [3.63, 3.8) is 0 Å². The van der Waals surface area contributed by atoms with Crippen LogP contribution in [0.2, 0.25) is 0 Å². The first-order chi connectivity index (χ1) is 8.99. The lowest BCUT2D eigenvalue weighted by Crippen LogP contribution is -2.42. The van der Waals surface area contributed by atoms with Gasteiger partial charge in [-0.05, 0) is 25.0 Å². The number of hydrogen-bond donors (Lipinski definition) is 2. The van der Waals surface area contributed by atoms with Crippen molar-refractivity contribution in [1.29, 1.82) is 0 Å². The second kappa shape index (κ2) is 5.21. The number of halogens is 2. The van der Waals surface area contributed by atoms with Gasteiger partial charge in [0.15, 0.2) is 11.6 Å². The number of carboxylic acids is 1. The normalized spacial score (nSPS) is 18.4. The van der Waals surface area contributed by atoms with Crippen LogP contribution in [0.1, 0.15) is 12.8 Å². The summed E-state index contributed by atoms with van der Waals surface area (Å²) in [6.07, 6.45) is 0.989. The second-order valence-corrected chi connectivity index (χ2v) is 4.25.